The minimum atomic E-state index is -2.92. The normalized spacial score (nSPS) is 19.1. The number of hydrogen-bond acceptors (Lipinski definition) is 6. The molecule has 2 aliphatic rings. The van der Waals surface area contributed by atoms with Crippen LogP contribution >= 0.6 is 0 Å². The lowest BCUT2D eigenvalue weighted by Gasteiger charge is -2.24. The van der Waals surface area contributed by atoms with Crippen LogP contribution in [0.15, 0.2) is 54.6 Å². The molecule has 8 heteroatoms. The molecule has 5 rings (SSSR count). The number of sulfone groups is 1. The highest BCUT2D eigenvalue weighted by Crippen LogP contribution is 2.40. The summed E-state index contributed by atoms with van der Waals surface area (Å²) in [6.07, 6.45) is 0.986. The van der Waals surface area contributed by atoms with Gasteiger partial charge in [0.25, 0.3) is 0 Å². The van der Waals surface area contributed by atoms with Crippen molar-refractivity contribution < 1.29 is 32.5 Å². The highest BCUT2D eigenvalue weighted by molar-refractivity contribution is 7.91. The van der Waals surface area contributed by atoms with Crippen LogP contribution in [-0.2, 0) is 21.2 Å². The number of aryl methyl sites for hydroxylation is 2. The Morgan fingerprint density at radius 2 is 1.74 bits per heavy atom. The van der Waals surface area contributed by atoms with Crippen molar-refractivity contribution in [1.82, 2.24) is 0 Å². The van der Waals surface area contributed by atoms with Crippen LogP contribution in [0.4, 0.5) is 0 Å². The molecule has 0 aliphatic carbocycles. The number of aliphatic carboxylic acids is 1. The topological polar surface area (TPSA) is 99.1 Å². The van der Waals surface area contributed by atoms with E-state index in [2.05, 4.69) is 26.0 Å². The van der Waals surface area contributed by atoms with Crippen molar-refractivity contribution in [3.8, 4) is 28.4 Å². The zero-order chi connectivity index (χ0) is 27.7. The van der Waals surface area contributed by atoms with E-state index in [1.165, 1.54) is 0 Å². The van der Waals surface area contributed by atoms with Crippen molar-refractivity contribution in [2.24, 2.45) is 5.92 Å². The maximum Gasteiger partial charge on any atom is 0.306 e. The molecule has 0 radical (unpaired) electrons. The minimum Gasteiger partial charge on any atom is -0.492 e. The summed E-state index contributed by atoms with van der Waals surface area (Å²) in [5.41, 5.74) is 6.34. The van der Waals surface area contributed by atoms with Gasteiger partial charge in [-0.15, -0.1) is 0 Å². The van der Waals surface area contributed by atoms with Gasteiger partial charge in [0.15, 0.2) is 9.84 Å². The molecule has 7 nitrogen and oxygen atoms in total. The number of rotatable bonds is 8. The number of carboxylic acids is 1. The van der Waals surface area contributed by atoms with E-state index in [9.17, 15) is 18.3 Å². The number of fused-ring (bicyclic) bond motifs is 1. The molecule has 2 atom stereocenters. The third-order valence-electron chi connectivity index (χ3n) is 7.73. The fourth-order valence-corrected chi connectivity index (χ4v) is 6.95. The number of carbonyl (C=O) groups is 1. The molecule has 0 aromatic heterocycles. The predicted octanol–water partition coefficient (Wildman–Crippen LogP) is 5.70. The van der Waals surface area contributed by atoms with Gasteiger partial charge in [0, 0.05) is 17.5 Å². The number of benzene rings is 3. The summed E-state index contributed by atoms with van der Waals surface area (Å²) >= 11 is 0. The number of hydrogen-bond donors (Lipinski definition) is 1. The monoisotopic (exact) mass is 550 g/mol. The predicted molar refractivity (Wildman–Crippen MR) is 149 cm³/mol. The molecule has 0 saturated carbocycles. The van der Waals surface area contributed by atoms with Crippen LogP contribution in [0.2, 0.25) is 0 Å². The van der Waals surface area contributed by atoms with Crippen LogP contribution in [0.3, 0.4) is 0 Å². The summed E-state index contributed by atoms with van der Waals surface area (Å²) in [5.74, 6) is 0.999. The lowest BCUT2D eigenvalue weighted by atomic mass is 9.89. The van der Waals surface area contributed by atoms with Gasteiger partial charge in [-0.3, -0.25) is 4.79 Å². The van der Waals surface area contributed by atoms with Gasteiger partial charge in [0.1, 0.15) is 30.0 Å². The van der Waals surface area contributed by atoms with Crippen LogP contribution in [0.25, 0.3) is 11.1 Å². The number of ether oxygens (including phenoxy) is 3. The zero-order valence-corrected chi connectivity index (χ0v) is 23.3. The first-order valence-electron chi connectivity index (χ1n) is 13.3. The van der Waals surface area contributed by atoms with Crippen molar-refractivity contribution >= 4 is 15.8 Å². The Hall–Kier alpha value is -3.52. The first-order valence-corrected chi connectivity index (χ1v) is 15.1. The van der Waals surface area contributed by atoms with Crippen LogP contribution in [0.5, 0.6) is 17.2 Å². The standard InChI is InChI=1S/C31H34O7S/c1-19-13-26(38-24-9-11-39(34,35)12-10-24)14-20(2)30(19)23-6-4-5-22(15-23)17-36-25-7-8-27-28(21(3)31(32)33)18-37-29(27)16-25/h4-8,13-16,21,24,28H,9-12,17-18H2,1-3H3,(H,32,33)/t21?,28-/m0/s1. The lowest BCUT2D eigenvalue weighted by Crippen LogP contribution is -2.30. The van der Waals surface area contributed by atoms with E-state index in [1.54, 1.807) is 6.92 Å². The molecule has 0 bridgehead atoms. The second-order valence-electron chi connectivity index (χ2n) is 10.6. The van der Waals surface area contributed by atoms with Crippen LogP contribution in [0, 0.1) is 19.8 Å². The summed E-state index contributed by atoms with van der Waals surface area (Å²) in [6, 6.07) is 17.9. The Bertz CT molecular complexity index is 1460. The summed E-state index contributed by atoms with van der Waals surface area (Å²) < 4.78 is 41.4. The maximum absolute atomic E-state index is 11.7. The molecular weight excluding hydrogens is 516 g/mol. The molecule has 206 valence electrons. The van der Waals surface area contributed by atoms with Crippen molar-refractivity contribution in [3.05, 3.63) is 76.9 Å². The van der Waals surface area contributed by atoms with Crippen LogP contribution < -0.4 is 14.2 Å². The van der Waals surface area contributed by atoms with E-state index < -0.39 is 21.7 Å². The van der Waals surface area contributed by atoms with Gasteiger partial charge in [0.05, 0.1) is 24.0 Å². The smallest absolute Gasteiger partial charge is 0.306 e. The molecule has 0 amide bonds. The third-order valence-corrected chi connectivity index (χ3v) is 9.44. The molecule has 2 aliphatic heterocycles. The van der Waals surface area contributed by atoms with Gasteiger partial charge in [-0.1, -0.05) is 31.2 Å². The summed E-state index contributed by atoms with van der Waals surface area (Å²) in [7, 11) is -2.92. The largest absolute Gasteiger partial charge is 0.492 e. The van der Waals surface area contributed by atoms with Gasteiger partial charge in [-0.25, -0.2) is 8.42 Å². The third kappa shape index (κ3) is 6.06. The fraction of sp³-hybridized carbons (Fsp3) is 0.387. The second-order valence-corrected chi connectivity index (χ2v) is 12.9. The fourth-order valence-electron chi connectivity index (χ4n) is 5.50. The Kier molecular flexibility index (Phi) is 7.58. The molecule has 1 unspecified atom stereocenters. The van der Waals surface area contributed by atoms with Gasteiger partial charge < -0.3 is 19.3 Å². The number of carboxylic acid groups (broad SMARTS) is 1. The van der Waals surface area contributed by atoms with Crippen molar-refractivity contribution in [2.75, 3.05) is 18.1 Å². The van der Waals surface area contributed by atoms with E-state index >= 15 is 0 Å². The molecule has 1 saturated heterocycles. The minimum absolute atomic E-state index is 0.0743. The van der Waals surface area contributed by atoms with E-state index in [0.29, 0.717) is 37.6 Å². The zero-order valence-electron chi connectivity index (χ0n) is 22.5. The summed E-state index contributed by atoms with van der Waals surface area (Å²) in [5, 5.41) is 9.36. The molecule has 3 aromatic carbocycles. The first kappa shape index (κ1) is 27.1. The quantitative estimate of drug-likeness (QED) is 0.384. The summed E-state index contributed by atoms with van der Waals surface area (Å²) in [4.78, 5) is 11.4. The van der Waals surface area contributed by atoms with Crippen LogP contribution in [-0.4, -0.2) is 43.7 Å². The van der Waals surface area contributed by atoms with Gasteiger partial charge >= 0.3 is 5.97 Å². The second kappa shape index (κ2) is 10.9. The van der Waals surface area contributed by atoms with E-state index in [-0.39, 0.29) is 23.5 Å². The molecule has 0 spiro atoms. The average molecular weight is 551 g/mol. The van der Waals surface area contributed by atoms with Gasteiger partial charge in [0.2, 0.25) is 0 Å². The Morgan fingerprint density at radius 1 is 1.03 bits per heavy atom. The molecule has 3 aromatic rings. The molecule has 1 N–H and O–H groups in total. The van der Waals surface area contributed by atoms with Crippen molar-refractivity contribution in [1.29, 1.82) is 0 Å². The van der Waals surface area contributed by atoms with Crippen molar-refractivity contribution in [2.45, 2.75) is 52.2 Å². The lowest BCUT2D eigenvalue weighted by molar-refractivity contribution is -0.142. The first-order chi connectivity index (χ1) is 18.6. The Labute approximate surface area is 229 Å². The van der Waals surface area contributed by atoms with E-state index in [0.717, 1.165) is 39.1 Å². The van der Waals surface area contributed by atoms with E-state index in [1.807, 2.05) is 42.5 Å². The van der Waals surface area contributed by atoms with Gasteiger partial charge in [-0.05, 0) is 78.8 Å². The molecule has 1 fully saturated rings. The Morgan fingerprint density at radius 3 is 2.44 bits per heavy atom. The van der Waals surface area contributed by atoms with Gasteiger partial charge in [-0.2, -0.15) is 0 Å². The summed E-state index contributed by atoms with van der Waals surface area (Å²) in [6.45, 7) is 6.57. The maximum atomic E-state index is 11.7. The highest BCUT2D eigenvalue weighted by Gasteiger charge is 2.33. The molecule has 39 heavy (non-hydrogen) atoms. The average Bonchev–Trinajstić information content (AvgIpc) is 3.31. The highest BCUT2D eigenvalue weighted by atomic mass is 32.2. The van der Waals surface area contributed by atoms with Crippen molar-refractivity contribution in [3.63, 3.8) is 0 Å². The molecular formula is C31H34O7S. The van der Waals surface area contributed by atoms with E-state index in [4.69, 9.17) is 14.2 Å². The Balaban J connectivity index is 1.26. The SMILES string of the molecule is Cc1cc(OC2CCS(=O)(=O)CC2)cc(C)c1-c1cccc(COc2ccc3c(c2)OC[C@H]3C(C)C(=O)O)c1. The van der Waals surface area contributed by atoms with Crippen LogP contribution in [0.1, 0.15) is 47.9 Å². The molecule has 2 heterocycles.